The predicted octanol–water partition coefficient (Wildman–Crippen LogP) is 3.93. The van der Waals surface area contributed by atoms with Crippen LogP contribution in [0, 0.1) is 5.82 Å². The van der Waals surface area contributed by atoms with Gasteiger partial charge in [-0.2, -0.15) is 0 Å². The number of nitrogens with zero attached hydrogens (tertiary/aromatic N) is 2. The molecule has 8 heteroatoms. The van der Waals surface area contributed by atoms with E-state index in [4.69, 9.17) is 9.47 Å². The van der Waals surface area contributed by atoms with E-state index in [0.717, 1.165) is 5.56 Å². The van der Waals surface area contributed by atoms with Crippen molar-refractivity contribution in [3.63, 3.8) is 0 Å². The lowest BCUT2D eigenvalue weighted by Crippen LogP contribution is -2.35. The molecule has 1 amide bonds. The molecule has 0 aliphatic rings. The Hall–Kier alpha value is -4.04. The lowest BCUT2D eigenvalue weighted by atomic mass is 10.1. The number of aromatic nitrogens is 2. The first-order valence-corrected chi connectivity index (χ1v) is 10.8. The molecule has 34 heavy (non-hydrogen) atoms. The molecule has 0 saturated heterocycles. The van der Waals surface area contributed by atoms with Crippen LogP contribution in [0.25, 0.3) is 10.9 Å². The van der Waals surface area contributed by atoms with Gasteiger partial charge in [-0.1, -0.05) is 36.4 Å². The Labute approximate surface area is 195 Å². The van der Waals surface area contributed by atoms with E-state index < -0.39 is 0 Å². The van der Waals surface area contributed by atoms with Crippen molar-refractivity contribution in [3.8, 4) is 5.75 Å². The molecule has 0 bridgehead atoms. The van der Waals surface area contributed by atoms with Crippen molar-refractivity contribution in [2.75, 3.05) is 20.3 Å². The minimum Gasteiger partial charge on any atom is -0.488 e. The molecular formula is C26H24FN3O4. The summed E-state index contributed by atoms with van der Waals surface area (Å²) in [6.07, 6.45) is 0. The monoisotopic (exact) mass is 461 g/mol. The number of carbonyl (C=O) groups excluding carboxylic acids is 1. The molecular weight excluding hydrogens is 437 g/mol. The highest BCUT2D eigenvalue weighted by molar-refractivity contribution is 5.97. The molecule has 0 atom stereocenters. The minimum atomic E-state index is -0.326. The lowest BCUT2D eigenvalue weighted by Gasteiger charge is -2.23. The van der Waals surface area contributed by atoms with E-state index in [0.29, 0.717) is 34.6 Å². The van der Waals surface area contributed by atoms with Gasteiger partial charge < -0.3 is 19.4 Å². The maximum atomic E-state index is 13.5. The first-order chi connectivity index (χ1) is 16.5. The van der Waals surface area contributed by atoms with Crippen molar-refractivity contribution >= 4 is 16.8 Å². The molecule has 1 aromatic heterocycles. The first-order valence-electron chi connectivity index (χ1n) is 10.8. The van der Waals surface area contributed by atoms with Gasteiger partial charge in [0.25, 0.3) is 11.5 Å². The number of nitrogens with one attached hydrogen (secondary N) is 1. The highest BCUT2D eigenvalue weighted by atomic mass is 19.1. The third-order valence-corrected chi connectivity index (χ3v) is 5.28. The van der Waals surface area contributed by atoms with Crippen LogP contribution in [0.1, 0.15) is 21.7 Å². The average molecular weight is 461 g/mol. The fourth-order valence-electron chi connectivity index (χ4n) is 3.53. The van der Waals surface area contributed by atoms with Crippen LogP contribution in [0.5, 0.6) is 5.75 Å². The maximum absolute atomic E-state index is 13.5. The molecule has 4 aromatic rings. The molecule has 3 aromatic carbocycles. The maximum Gasteiger partial charge on any atom is 0.258 e. The van der Waals surface area contributed by atoms with Crippen molar-refractivity contribution in [2.45, 2.75) is 13.2 Å². The topological polar surface area (TPSA) is 84.5 Å². The zero-order valence-electron chi connectivity index (χ0n) is 18.7. The molecule has 0 unspecified atom stereocenters. The number of carbonyl (C=O) groups is 1. The summed E-state index contributed by atoms with van der Waals surface area (Å²) in [6.45, 7) is 0.872. The van der Waals surface area contributed by atoms with Crippen LogP contribution in [0.2, 0.25) is 0 Å². The fourth-order valence-corrected chi connectivity index (χ4v) is 3.53. The molecule has 0 spiro atoms. The van der Waals surface area contributed by atoms with Crippen molar-refractivity contribution in [1.82, 2.24) is 14.9 Å². The normalized spacial score (nSPS) is 10.9. The molecule has 0 radical (unpaired) electrons. The van der Waals surface area contributed by atoms with Gasteiger partial charge in [-0.25, -0.2) is 9.37 Å². The average Bonchev–Trinajstić information content (AvgIpc) is 2.86. The number of para-hydroxylation sites is 2. The summed E-state index contributed by atoms with van der Waals surface area (Å²) in [7, 11) is 1.55. The summed E-state index contributed by atoms with van der Waals surface area (Å²) in [6, 6.07) is 19.9. The van der Waals surface area contributed by atoms with Crippen molar-refractivity contribution in [2.24, 2.45) is 0 Å². The van der Waals surface area contributed by atoms with E-state index >= 15 is 0 Å². The molecule has 0 saturated carbocycles. The van der Waals surface area contributed by atoms with Gasteiger partial charge in [0.2, 0.25) is 0 Å². The third kappa shape index (κ3) is 5.47. The summed E-state index contributed by atoms with van der Waals surface area (Å²) in [5, 5.41) is 0.487. The second kappa shape index (κ2) is 10.7. The number of ether oxygens (including phenoxy) is 2. The van der Waals surface area contributed by atoms with Gasteiger partial charge in [0.15, 0.2) is 0 Å². The van der Waals surface area contributed by atoms with E-state index in [1.807, 2.05) is 0 Å². The van der Waals surface area contributed by atoms with Crippen LogP contribution in [0.15, 0.2) is 77.6 Å². The minimum absolute atomic E-state index is 0.0918. The van der Waals surface area contributed by atoms with Gasteiger partial charge in [-0.05, 0) is 42.0 Å². The number of rotatable bonds is 9. The summed E-state index contributed by atoms with van der Waals surface area (Å²) >= 11 is 0. The Kier molecular flexibility index (Phi) is 7.29. The van der Waals surface area contributed by atoms with E-state index in [2.05, 4.69) is 9.97 Å². The van der Waals surface area contributed by atoms with Gasteiger partial charge in [-0.3, -0.25) is 9.59 Å². The van der Waals surface area contributed by atoms with E-state index in [1.165, 1.54) is 12.1 Å². The first kappa shape index (κ1) is 23.1. The van der Waals surface area contributed by atoms with Crippen LogP contribution >= 0.6 is 0 Å². The van der Waals surface area contributed by atoms with Crippen LogP contribution in [0.3, 0.4) is 0 Å². The van der Waals surface area contributed by atoms with Crippen LogP contribution in [-0.2, 0) is 17.9 Å². The molecule has 1 N–H and O–H groups in total. The molecule has 4 rings (SSSR count). The van der Waals surface area contributed by atoms with Crippen LogP contribution in [-0.4, -0.2) is 41.0 Å². The Morgan fingerprint density at radius 3 is 2.56 bits per heavy atom. The van der Waals surface area contributed by atoms with Gasteiger partial charge in [0.1, 0.15) is 24.0 Å². The highest BCUT2D eigenvalue weighted by Gasteiger charge is 2.21. The Morgan fingerprint density at radius 1 is 1.03 bits per heavy atom. The second-order valence-electron chi connectivity index (χ2n) is 7.66. The molecule has 0 aliphatic heterocycles. The van der Waals surface area contributed by atoms with Crippen molar-refractivity contribution in [1.29, 1.82) is 0 Å². The molecule has 0 aliphatic carbocycles. The largest absolute Gasteiger partial charge is 0.488 e. The SMILES string of the molecule is COCCN(Cc1nc2ccccc2c(=O)[nH]1)C(=O)c1ccccc1OCc1ccc(F)cc1. The number of amides is 1. The standard InChI is InChI=1S/C26H24FN3O4/c1-33-15-14-30(16-24-28-22-8-4-2-6-20(22)25(31)29-24)26(32)21-7-3-5-9-23(21)34-17-18-10-12-19(27)13-11-18/h2-13H,14-17H2,1H3,(H,28,29,31). The molecule has 7 nitrogen and oxygen atoms in total. The number of hydrogen-bond acceptors (Lipinski definition) is 5. The van der Waals surface area contributed by atoms with Crippen LogP contribution < -0.4 is 10.3 Å². The van der Waals surface area contributed by atoms with E-state index in [1.54, 1.807) is 72.7 Å². The predicted molar refractivity (Wildman–Crippen MR) is 126 cm³/mol. The third-order valence-electron chi connectivity index (χ3n) is 5.28. The lowest BCUT2D eigenvalue weighted by molar-refractivity contribution is 0.0670. The second-order valence-corrected chi connectivity index (χ2v) is 7.66. The number of halogens is 1. The molecule has 174 valence electrons. The smallest absolute Gasteiger partial charge is 0.258 e. The number of hydrogen-bond donors (Lipinski definition) is 1. The fraction of sp³-hybridized carbons (Fsp3) is 0.192. The number of H-pyrrole nitrogens is 1. The van der Waals surface area contributed by atoms with Gasteiger partial charge >= 0.3 is 0 Å². The summed E-state index contributed by atoms with van der Waals surface area (Å²) in [5.41, 5.74) is 1.44. The zero-order valence-corrected chi connectivity index (χ0v) is 18.7. The highest BCUT2D eigenvalue weighted by Crippen LogP contribution is 2.22. The Balaban J connectivity index is 1.58. The summed E-state index contributed by atoms with van der Waals surface area (Å²) < 4.78 is 24.3. The Bertz CT molecular complexity index is 1340. The summed E-state index contributed by atoms with van der Waals surface area (Å²) in [4.78, 5) is 34.8. The zero-order chi connectivity index (χ0) is 23.9. The quantitative estimate of drug-likeness (QED) is 0.408. The number of benzene rings is 3. The molecule has 1 heterocycles. The summed E-state index contributed by atoms with van der Waals surface area (Å²) in [5.74, 6) is 0.160. The number of fused-ring (bicyclic) bond motifs is 1. The van der Waals surface area contributed by atoms with Crippen molar-refractivity contribution < 1.29 is 18.7 Å². The Morgan fingerprint density at radius 2 is 1.76 bits per heavy atom. The van der Waals surface area contributed by atoms with Gasteiger partial charge in [-0.15, -0.1) is 0 Å². The van der Waals surface area contributed by atoms with E-state index in [-0.39, 0.29) is 37.0 Å². The number of methoxy groups -OCH3 is 1. The van der Waals surface area contributed by atoms with E-state index in [9.17, 15) is 14.0 Å². The molecule has 0 fully saturated rings. The van der Waals surface area contributed by atoms with Gasteiger partial charge in [0.05, 0.1) is 29.6 Å². The van der Waals surface area contributed by atoms with Gasteiger partial charge in [0, 0.05) is 13.7 Å². The van der Waals surface area contributed by atoms with Crippen LogP contribution in [0.4, 0.5) is 4.39 Å². The number of aromatic amines is 1. The van der Waals surface area contributed by atoms with Crippen molar-refractivity contribution in [3.05, 3.63) is 106 Å².